The molecular weight excluding hydrogens is 462 g/mol. The van der Waals surface area contributed by atoms with E-state index in [0.717, 1.165) is 11.3 Å². The Bertz CT molecular complexity index is 1130. The van der Waals surface area contributed by atoms with Crippen molar-refractivity contribution in [2.75, 3.05) is 26.1 Å². The predicted molar refractivity (Wildman–Crippen MR) is 128 cm³/mol. The molecule has 4 amide bonds. The minimum Gasteiger partial charge on any atom is -0.495 e. The van der Waals surface area contributed by atoms with Gasteiger partial charge < -0.3 is 24.8 Å². The van der Waals surface area contributed by atoms with Crippen molar-refractivity contribution in [2.24, 2.45) is 0 Å². The summed E-state index contributed by atoms with van der Waals surface area (Å²) in [6.45, 7) is 3.43. The predicted octanol–water partition coefficient (Wildman–Crippen LogP) is 4.07. The molecule has 1 atom stereocenters. The fraction of sp³-hybridized carbons (Fsp3) is 0.292. The molecule has 0 unspecified atom stereocenters. The maximum Gasteiger partial charge on any atom is 0.329 e. The highest BCUT2D eigenvalue weighted by Gasteiger charge is 2.35. The van der Waals surface area contributed by atoms with Crippen LogP contribution in [0.3, 0.4) is 0 Å². The van der Waals surface area contributed by atoms with Crippen LogP contribution in [0.5, 0.6) is 17.2 Å². The highest BCUT2D eigenvalue weighted by atomic mass is 35.5. The molecule has 0 radical (unpaired) electrons. The Hall–Kier alpha value is -3.72. The highest BCUT2D eigenvalue weighted by Crippen LogP contribution is 2.38. The number of amides is 4. The van der Waals surface area contributed by atoms with Crippen LogP contribution in [0, 0.1) is 0 Å². The number of nitrogens with zero attached hydrogens (tertiary/aromatic N) is 1. The number of halogens is 1. The van der Waals surface area contributed by atoms with Crippen molar-refractivity contribution in [3.05, 3.63) is 52.7 Å². The SMILES string of the molecule is CC[C@H](C)Oc1c(Cl)cc(/C=C2/NC(=O)N(CC(=O)Nc3ccccc3OC)C2=O)cc1OC. The molecule has 0 saturated carbocycles. The van der Waals surface area contributed by atoms with Crippen LogP contribution in [0.25, 0.3) is 6.08 Å². The molecule has 0 aliphatic carbocycles. The van der Waals surface area contributed by atoms with Crippen LogP contribution in [0.1, 0.15) is 25.8 Å². The molecule has 0 aromatic heterocycles. The molecule has 180 valence electrons. The molecule has 10 heteroatoms. The van der Waals surface area contributed by atoms with Crippen LogP contribution in [0.15, 0.2) is 42.1 Å². The standard InChI is InChI=1S/C24H26ClN3O6/c1-5-14(2)34-22-16(25)10-15(12-20(22)33-4)11-18-23(30)28(24(31)27-18)13-21(29)26-17-8-6-7-9-19(17)32-3/h6-12,14H,5,13H2,1-4H3,(H,26,29)(H,27,31)/b18-11+/t14-/m0/s1. The van der Waals surface area contributed by atoms with Gasteiger partial charge in [0.2, 0.25) is 5.91 Å². The van der Waals surface area contributed by atoms with Crippen LogP contribution in [-0.2, 0) is 9.59 Å². The second-order valence-corrected chi connectivity index (χ2v) is 7.91. The second kappa shape index (κ2) is 10.9. The van der Waals surface area contributed by atoms with Crippen molar-refractivity contribution in [2.45, 2.75) is 26.4 Å². The molecule has 0 bridgehead atoms. The van der Waals surface area contributed by atoms with Crippen LogP contribution < -0.4 is 24.8 Å². The quantitative estimate of drug-likeness (QED) is 0.408. The summed E-state index contributed by atoms with van der Waals surface area (Å²) in [6, 6.07) is 9.36. The Morgan fingerprint density at radius 3 is 2.56 bits per heavy atom. The molecule has 34 heavy (non-hydrogen) atoms. The molecule has 1 heterocycles. The molecule has 1 aliphatic heterocycles. The molecule has 9 nitrogen and oxygen atoms in total. The lowest BCUT2D eigenvalue weighted by molar-refractivity contribution is -0.127. The maximum atomic E-state index is 12.8. The number of imide groups is 1. The molecule has 2 N–H and O–H groups in total. The van der Waals surface area contributed by atoms with E-state index in [0.29, 0.717) is 33.5 Å². The summed E-state index contributed by atoms with van der Waals surface area (Å²) in [5, 5.41) is 5.43. The first-order chi connectivity index (χ1) is 16.3. The molecule has 3 rings (SSSR count). The summed E-state index contributed by atoms with van der Waals surface area (Å²) in [7, 11) is 2.96. The van der Waals surface area contributed by atoms with Gasteiger partial charge in [0.25, 0.3) is 5.91 Å². The zero-order valence-electron chi connectivity index (χ0n) is 19.3. The number of benzene rings is 2. The van der Waals surface area contributed by atoms with Crippen LogP contribution in [-0.4, -0.2) is 49.6 Å². The minimum atomic E-state index is -0.707. The van der Waals surface area contributed by atoms with E-state index in [2.05, 4.69) is 10.6 Å². The van der Waals surface area contributed by atoms with E-state index in [1.54, 1.807) is 36.4 Å². The van der Waals surface area contributed by atoms with Gasteiger partial charge in [0.05, 0.1) is 31.0 Å². The fourth-order valence-electron chi connectivity index (χ4n) is 3.19. The minimum absolute atomic E-state index is 0.00352. The smallest absolute Gasteiger partial charge is 0.329 e. The maximum absolute atomic E-state index is 12.8. The molecule has 1 saturated heterocycles. The van der Waals surface area contributed by atoms with Gasteiger partial charge in [0, 0.05) is 0 Å². The number of methoxy groups -OCH3 is 2. The van der Waals surface area contributed by atoms with Crippen molar-refractivity contribution in [3.63, 3.8) is 0 Å². The normalized spacial score (nSPS) is 15.2. The summed E-state index contributed by atoms with van der Waals surface area (Å²) in [4.78, 5) is 38.5. The van der Waals surface area contributed by atoms with E-state index in [1.165, 1.54) is 20.3 Å². The van der Waals surface area contributed by atoms with E-state index < -0.39 is 24.4 Å². The number of urea groups is 1. The number of nitrogens with one attached hydrogen (secondary N) is 2. The van der Waals surface area contributed by atoms with Crippen molar-refractivity contribution >= 4 is 41.2 Å². The first kappa shape index (κ1) is 24.9. The number of rotatable bonds is 9. The molecule has 1 aliphatic rings. The Balaban J connectivity index is 1.76. The number of anilines is 1. The van der Waals surface area contributed by atoms with Gasteiger partial charge in [-0.05, 0) is 49.2 Å². The molecule has 0 spiro atoms. The third-order valence-corrected chi connectivity index (χ3v) is 5.38. The average molecular weight is 488 g/mol. The number of para-hydroxylation sites is 2. The summed E-state index contributed by atoms with van der Waals surface area (Å²) >= 11 is 6.38. The summed E-state index contributed by atoms with van der Waals surface area (Å²) in [5.74, 6) is 0.0578. The Morgan fingerprint density at radius 1 is 1.18 bits per heavy atom. The van der Waals surface area contributed by atoms with Crippen LogP contribution in [0.4, 0.5) is 10.5 Å². The van der Waals surface area contributed by atoms with Crippen LogP contribution in [0.2, 0.25) is 5.02 Å². The van der Waals surface area contributed by atoms with Crippen LogP contribution >= 0.6 is 11.6 Å². The van der Waals surface area contributed by atoms with Crippen molar-refractivity contribution < 1.29 is 28.6 Å². The lowest BCUT2D eigenvalue weighted by Crippen LogP contribution is -2.38. The van der Waals surface area contributed by atoms with Gasteiger partial charge in [-0.3, -0.25) is 9.59 Å². The lowest BCUT2D eigenvalue weighted by atomic mass is 10.1. The van der Waals surface area contributed by atoms with Gasteiger partial charge in [-0.15, -0.1) is 0 Å². The van der Waals surface area contributed by atoms with E-state index in [4.69, 9.17) is 25.8 Å². The van der Waals surface area contributed by atoms with E-state index in [-0.39, 0.29) is 11.8 Å². The molecular formula is C24H26ClN3O6. The van der Waals surface area contributed by atoms with Crippen molar-refractivity contribution in [1.82, 2.24) is 10.2 Å². The zero-order valence-corrected chi connectivity index (χ0v) is 20.1. The van der Waals surface area contributed by atoms with Gasteiger partial charge in [0.15, 0.2) is 11.5 Å². The van der Waals surface area contributed by atoms with E-state index in [1.807, 2.05) is 13.8 Å². The van der Waals surface area contributed by atoms with Gasteiger partial charge in [-0.2, -0.15) is 0 Å². The largest absolute Gasteiger partial charge is 0.495 e. The summed E-state index contributed by atoms with van der Waals surface area (Å²) in [5.41, 5.74) is 0.949. The Kier molecular flexibility index (Phi) is 8.01. The van der Waals surface area contributed by atoms with Gasteiger partial charge in [-0.1, -0.05) is 30.7 Å². The topological polar surface area (TPSA) is 106 Å². The molecule has 2 aromatic rings. The first-order valence-corrected chi connectivity index (χ1v) is 11.0. The van der Waals surface area contributed by atoms with Gasteiger partial charge in [0.1, 0.15) is 18.0 Å². The van der Waals surface area contributed by atoms with E-state index >= 15 is 0 Å². The summed E-state index contributed by atoms with van der Waals surface area (Å²) in [6.07, 6.45) is 2.17. The second-order valence-electron chi connectivity index (χ2n) is 7.50. The average Bonchev–Trinajstić information content (AvgIpc) is 3.07. The fourth-order valence-corrected chi connectivity index (χ4v) is 3.45. The van der Waals surface area contributed by atoms with Gasteiger partial charge >= 0.3 is 6.03 Å². The third kappa shape index (κ3) is 5.60. The number of carbonyl (C=O) groups is 3. The van der Waals surface area contributed by atoms with Gasteiger partial charge in [-0.25, -0.2) is 9.69 Å². The Labute approximate surface area is 202 Å². The van der Waals surface area contributed by atoms with E-state index in [9.17, 15) is 14.4 Å². The number of ether oxygens (including phenoxy) is 3. The third-order valence-electron chi connectivity index (χ3n) is 5.10. The lowest BCUT2D eigenvalue weighted by Gasteiger charge is -2.17. The highest BCUT2D eigenvalue weighted by molar-refractivity contribution is 6.32. The molecule has 2 aromatic carbocycles. The Morgan fingerprint density at radius 2 is 1.88 bits per heavy atom. The molecule has 1 fully saturated rings. The number of carbonyl (C=O) groups excluding carboxylic acids is 3. The first-order valence-electron chi connectivity index (χ1n) is 10.6. The van der Waals surface area contributed by atoms with Crippen molar-refractivity contribution in [3.8, 4) is 17.2 Å². The number of hydrogen-bond donors (Lipinski definition) is 2. The zero-order chi connectivity index (χ0) is 24.8. The van der Waals surface area contributed by atoms with Crippen molar-refractivity contribution in [1.29, 1.82) is 0 Å². The number of hydrogen-bond acceptors (Lipinski definition) is 6. The summed E-state index contributed by atoms with van der Waals surface area (Å²) < 4.78 is 16.4. The monoisotopic (exact) mass is 487 g/mol.